The van der Waals surface area contributed by atoms with Crippen molar-refractivity contribution in [1.82, 2.24) is 38.9 Å². The van der Waals surface area contributed by atoms with Gasteiger partial charge in [-0.15, -0.1) is 0 Å². The Morgan fingerprint density at radius 3 is 1.89 bits per heavy atom. The Kier molecular flexibility index (Phi) is 13.0. The van der Waals surface area contributed by atoms with Gasteiger partial charge in [0, 0.05) is 123 Å². The molecule has 2 aliphatic heterocycles. The number of ether oxygens (including phenoxy) is 2. The summed E-state index contributed by atoms with van der Waals surface area (Å²) in [6.07, 6.45) is 17.0. The molecule has 4 aliphatic rings. The Morgan fingerprint density at radius 2 is 1.23 bits per heavy atom. The molecule has 2 saturated carbocycles. The van der Waals surface area contributed by atoms with E-state index in [9.17, 15) is 9.59 Å². The molecule has 70 heavy (non-hydrogen) atoms. The number of aromatic nitrogens is 6. The molecule has 4 aromatic heterocycles. The summed E-state index contributed by atoms with van der Waals surface area (Å²) < 4.78 is 16.0. The zero-order valence-electron chi connectivity index (χ0n) is 42.1. The molecule has 2 amide bonds. The second-order valence-corrected chi connectivity index (χ2v) is 21.8. The monoisotopic (exact) mass is 951 g/mol. The van der Waals surface area contributed by atoms with E-state index in [1.807, 2.05) is 58.8 Å². The third-order valence-electron chi connectivity index (χ3n) is 14.4. The predicted octanol–water partition coefficient (Wildman–Crippen LogP) is 11.1. The molecule has 370 valence electrons. The fourth-order valence-corrected chi connectivity index (χ4v) is 10.8. The van der Waals surface area contributed by atoms with Crippen molar-refractivity contribution in [1.29, 1.82) is 0 Å². The number of carbonyl (C=O) groups excluding carboxylic acids is 2. The van der Waals surface area contributed by atoms with Gasteiger partial charge in [-0.1, -0.05) is 19.3 Å². The standard InChI is InChI=1S/C54H70N12O4/c1-36-35-66(41-11-9-8-10-12-41)48-45(36)34-56-50(60-48)58-46-20-19-42(62-25-29-64(30-26-62)52(68)70-54(5,6)7)32-44(46)37-13-16-43(31-37)65-22-21-38-33-55-49(59-47(38)65)57-39-14-17-40(18-15-39)61-23-27-63(28-24-61)51(67)69-53(2,3)4/h14-15,17-22,32-35,37,41,43H,8-13,16,23-31H2,1-7H3,(H,55,57,59)(H,56,58,60). The molecule has 2 aliphatic carbocycles. The second-order valence-electron chi connectivity index (χ2n) is 21.8. The molecule has 6 heterocycles. The molecule has 4 fully saturated rings. The highest BCUT2D eigenvalue weighted by atomic mass is 16.6. The van der Waals surface area contributed by atoms with Crippen molar-refractivity contribution >= 4 is 68.9 Å². The lowest BCUT2D eigenvalue weighted by atomic mass is 9.94. The van der Waals surface area contributed by atoms with Crippen LogP contribution in [0.1, 0.15) is 122 Å². The Hall–Kier alpha value is -6.58. The first-order valence-electron chi connectivity index (χ1n) is 25.5. The summed E-state index contributed by atoms with van der Waals surface area (Å²) in [6.45, 7) is 18.9. The van der Waals surface area contributed by atoms with Crippen LogP contribution in [0.3, 0.4) is 0 Å². The summed E-state index contributed by atoms with van der Waals surface area (Å²) in [6, 6.07) is 17.9. The number of anilines is 6. The minimum atomic E-state index is -0.532. The van der Waals surface area contributed by atoms with Gasteiger partial charge in [-0.2, -0.15) is 9.97 Å². The van der Waals surface area contributed by atoms with Crippen LogP contribution in [0.15, 0.2) is 73.3 Å². The van der Waals surface area contributed by atoms with Crippen molar-refractivity contribution in [2.45, 2.75) is 129 Å². The van der Waals surface area contributed by atoms with E-state index in [0.29, 0.717) is 44.1 Å². The quantitative estimate of drug-likeness (QED) is 0.142. The summed E-state index contributed by atoms with van der Waals surface area (Å²) in [5.74, 6) is 1.43. The van der Waals surface area contributed by atoms with Gasteiger partial charge in [0.15, 0.2) is 0 Å². The highest BCUT2D eigenvalue weighted by molar-refractivity contribution is 5.81. The lowest BCUT2D eigenvalue weighted by Gasteiger charge is -2.37. The van der Waals surface area contributed by atoms with Gasteiger partial charge in [0.25, 0.3) is 0 Å². The van der Waals surface area contributed by atoms with Crippen LogP contribution >= 0.6 is 0 Å². The van der Waals surface area contributed by atoms with E-state index in [2.05, 4.69) is 97.4 Å². The molecule has 2 unspecified atom stereocenters. The van der Waals surface area contributed by atoms with Crippen LogP contribution in [-0.4, -0.2) is 115 Å². The summed E-state index contributed by atoms with van der Waals surface area (Å²) in [5, 5.41) is 9.29. The van der Waals surface area contributed by atoms with E-state index in [0.717, 1.165) is 90.3 Å². The molecule has 10 rings (SSSR count). The van der Waals surface area contributed by atoms with Crippen molar-refractivity contribution in [2.75, 3.05) is 72.8 Å². The van der Waals surface area contributed by atoms with Gasteiger partial charge in [0.05, 0.1) is 0 Å². The molecule has 0 spiro atoms. The van der Waals surface area contributed by atoms with Gasteiger partial charge in [0.1, 0.15) is 22.5 Å². The maximum absolute atomic E-state index is 13.0. The SMILES string of the molecule is Cc1cn(C2CCCCC2)c2nc(Nc3ccc(N4CCN(C(=O)OC(C)(C)C)CC4)cc3C3CCC(n4ccc5cnc(Nc6ccc(N7CCN(C(=O)OC(C)(C)C)CC7)cc6)nc54)C3)ncc12. The summed E-state index contributed by atoms with van der Waals surface area (Å²) in [7, 11) is 0. The summed E-state index contributed by atoms with van der Waals surface area (Å²) in [4.78, 5) is 53.7. The molecule has 2 atom stereocenters. The number of nitrogens with one attached hydrogen (secondary N) is 2. The van der Waals surface area contributed by atoms with Crippen LogP contribution in [0.2, 0.25) is 0 Å². The molecule has 0 bridgehead atoms. The topological polar surface area (TPSA) is 151 Å². The molecule has 16 heteroatoms. The minimum Gasteiger partial charge on any atom is -0.444 e. The first-order valence-corrected chi connectivity index (χ1v) is 25.5. The number of piperazine rings is 2. The maximum Gasteiger partial charge on any atom is 0.410 e. The molecular formula is C54H70N12O4. The Morgan fingerprint density at radius 1 is 0.629 bits per heavy atom. The second kappa shape index (κ2) is 19.3. The zero-order valence-corrected chi connectivity index (χ0v) is 42.1. The van der Waals surface area contributed by atoms with Crippen molar-refractivity contribution in [3.63, 3.8) is 0 Å². The van der Waals surface area contributed by atoms with Gasteiger partial charge in [-0.3, -0.25) is 0 Å². The number of hydrogen-bond donors (Lipinski definition) is 2. The molecular weight excluding hydrogens is 881 g/mol. The molecule has 16 nitrogen and oxygen atoms in total. The van der Waals surface area contributed by atoms with E-state index in [4.69, 9.17) is 29.4 Å². The molecule has 2 saturated heterocycles. The van der Waals surface area contributed by atoms with E-state index in [-0.39, 0.29) is 24.1 Å². The first-order chi connectivity index (χ1) is 33.6. The number of benzene rings is 2. The van der Waals surface area contributed by atoms with E-state index in [1.54, 1.807) is 4.90 Å². The number of nitrogens with zero attached hydrogens (tertiary/aromatic N) is 10. The number of carbonyl (C=O) groups is 2. The third kappa shape index (κ3) is 10.5. The zero-order chi connectivity index (χ0) is 48.7. The highest BCUT2D eigenvalue weighted by Crippen LogP contribution is 2.46. The van der Waals surface area contributed by atoms with E-state index < -0.39 is 11.2 Å². The third-order valence-corrected chi connectivity index (χ3v) is 14.4. The van der Waals surface area contributed by atoms with Gasteiger partial charge in [0.2, 0.25) is 11.9 Å². The lowest BCUT2D eigenvalue weighted by molar-refractivity contribution is 0.0230. The number of fused-ring (bicyclic) bond motifs is 2. The minimum absolute atomic E-state index is 0.239. The average molecular weight is 951 g/mol. The smallest absolute Gasteiger partial charge is 0.410 e. The van der Waals surface area contributed by atoms with Gasteiger partial charge in [-0.25, -0.2) is 19.6 Å². The molecule has 0 radical (unpaired) electrons. The highest BCUT2D eigenvalue weighted by Gasteiger charge is 2.32. The van der Waals surface area contributed by atoms with Crippen LogP contribution in [-0.2, 0) is 9.47 Å². The van der Waals surface area contributed by atoms with E-state index >= 15 is 0 Å². The molecule has 2 N–H and O–H groups in total. The number of hydrogen-bond acceptors (Lipinski definition) is 12. The van der Waals surface area contributed by atoms with Crippen LogP contribution in [0.25, 0.3) is 22.1 Å². The van der Waals surface area contributed by atoms with Crippen LogP contribution in [0.5, 0.6) is 0 Å². The Balaban J connectivity index is 0.859. The number of amides is 2. The van der Waals surface area contributed by atoms with Crippen LogP contribution in [0, 0.1) is 6.92 Å². The van der Waals surface area contributed by atoms with Crippen LogP contribution < -0.4 is 20.4 Å². The summed E-state index contributed by atoms with van der Waals surface area (Å²) in [5.41, 5.74) is 7.52. The van der Waals surface area contributed by atoms with Crippen molar-refractivity contribution in [3.8, 4) is 0 Å². The van der Waals surface area contributed by atoms with Crippen molar-refractivity contribution in [2.24, 2.45) is 0 Å². The Labute approximate surface area is 411 Å². The number of aryl methyl sites for hydroxylation is 1. The number of rotatable bonds is 9. The van der Waals surface area contributed by atoms with Crippen LogP contribution in [0.4, 0.5) is 44.2 Å². The molecule has 2 aromatic carbocycles. The maximum atomic E-state index is 13.0. The first kappa shape index (κ1) is 47.1. The van der Waals surface area contributed by atoms with Crippen molar-refractivity contribution in [3.05, 3.63) is 84.4 Å². The fraction of sp³-hybridized carbons (Fsp3) is 0.519. The Bertz CT molecular complexity index is 2820. The normalized spacial score (nSPS) is 19.5. The van der Waals surface area contributed by atoms with Gasteiger partial charge < -0.3 is 48.8 Å². The fourth-order valence-electron chi connectivity index (χ4n) is 10.8. The van der Waals surface area contributed by atoms with Gasteiger partial charge >= 0.3 is 12.2 Å². The predicted molar refractivity (Wildman–Crippen MR) is 277 cm³/mol. The van der Waals surface area contributed by atoms with E-state index in [1.165, 1.54) is 43.2 Å². The lowest BCUT2D eigenvalue weighted by Crippen LogP contribution is -2.50. The summed E-state index contributed by atoms with van der Waals surface area (Å²) >= 11 is 0. The molecule has 6 aromatic rings. The van der Waals surface area contributed by atoms with Crippen molar-refractivity contribution < 1.29 is 19.1 Å². The average Bonchev–Trinajstić information content (AvgIpc) is 4.08. The van der Waals surface area contributed by atoms with Gasteiger partial charge in [-0.05, 0) is 146 Å². The largest absolute Gasteiger partial charge is 0.444 e.